The second kappa shape index (κ2) is 16.7. The maximum Gasteiger partial charge on any atom is 0.0725 e. The molecule has 2 aliphatic carbocycles. The predicted octanol–water partition coefficient (Wildman–Crippen LogP) is 20.7. The lowest BCUT2D eigenvalue weighted by Gasteiger charge is -2.30. The van der Waals surface area contributed by atoms with Gasteiger partial charge in [0, 0.05) is 32.9 Å². The van der Waals surface area contributed by atoms with Gasteiger partial charge in [-0.1, -0.05) is 237 Å². The van der Waals surface area contributed by atoms with E-state index in [2.05, 4.69) is 300 Å². The van der Waals surface area contributed by atoms with Crippen molar-refractivity contribution >= 4 is 75.9 Å². The molecule has 2 aliphatic rings. The van der Waals surface area contributed by atoms with Crippen LogP contribution < -0.4 is 0 Å². The van der Waals surface area contributed by atoms with Gasteiger partial charge in [-0.05, 0) is 165 Å². The molecule has 2 nitrogen and oxygen atoms in total. The van der Waals surface area contributed by atoms with Gasteiger partial charge in [0.2, 0.25) is 0 Å². The molecule has 0 saturated carbocycles. The largest absolute Gasteiger partial charge is 0.309 e. The molecule has 374 valence electrons. The lowest BCUT2D eigenvalue weighted by molar-refractivity contribution is 0.794. The molecule has 0 N–H and O–H groups in total. The maximum atomic E-state index is 2.52. The van der Waals surface area contributed by atoms with Crippen LogP contribution in [0.2, 0.25) is 0 Å². The van der Waals surface area contributed by atoms with E-state index < -0.39 is 5.41 Å². The number of nitrogens with zero attached hydrogens (tertiary/aromatic N) is 2. The zero-order chi connectivity index (χ0) is 52.9. The fraction of sp³-hybridized carbons (Fsp3) is 0.0127. The Kier molecular flexibility index (Phi) is 9.18. The van der Waals surface area contributed by atoms with E-state index in [0.29, 0.717) is 0 Å². The first-order chi connectivity index (χ1) is 40.2. The van der Waals surface area contributed by atoms with Gasteiger partial charge in [-0.15, -0.1) is 0 Å². The van der Waals surface area contributed by atoms with Gasteiger partial charge in [-0.2, -0.15) is 0 Å². The van der Waals surface area contributed by atoms with Crippen molar-refractivity contribution in [1.82, 2.24) is 9.13 Å². The third-order valence-corrected chi connectivity index (χ3v) is 18.3. The van der Waals surface area contributed by atoms with Crippen molar-refractivity contribution < 1.29 is 0 Å². The fourth-order valence-electron chi connectivity index (χ4n) is 15.1. The van der Waals surface area contributed by atoms with Gasteiger partial charge in [0.05, 0.1) is 27.5 Å². The Balaban J connectivity index is 0.972. The molecule has 1 spiro atoms. The number of hydrogen-bond acceptors (Lipinski definition) is 0. The van der Waals surface area contributed by atoms with E-state index >= 15 is 0 Å². The lowest BCUT2D eigenvalue weighted by atomic mass is 9.70. The number of benzene rings is 14. The normalized spacial score (nSPS) is 13.0. The number of aromatic nitrogens is 2. The first-order valence-electron chi connectivity index (χ1n) is 28.2. The highest BCUT2D eigenvalue weighted by molar-refractivity contribution is 6.23. The molecule has 0 radical (unpaired) electrons. The number of fused-ring (bicyclic) bond motifs is 20. The molecule has 18 rings (SSSR count). The Bertz CT molecular complexity index is 5080. The predicted molar refractivity (Wildman–Crippen MR) is 340 cm³/mol. The van der Waals surface area contributed by atoms with Crippen LogP contribution in [0.15, 0.2) is 291 Å². The highest BCUT2D eigenvalue weighted by Crippen LogP contribution is 2.65. The summed E-state index contributed by atoms with van der Waals surface area (Å²) in [6.07, 6.45) is 0. The van der Waals surface area contributed by atoms with Gasteiger partial charge in [-0.25, -0.2) is 0 Å². The quantitative estimate of drug-likeness (QED) is 0.152. The van der Waals surface area contributed by atoms with E-state index in [-0.39, 0.29) is 0 Å². The average molecular weight is 1030 g/mol. The summed E-state index contributed by atoms with van der Waals surface area (Å²) in [5, 5.41) is 12.4. The number of hydrogen-bond donors (Lipinski definition) is 0. The van der Waals surface area contributed by atoms with Crippen LogP contribution in [-0.4, -0.2) is 9.13 Å². The molecular formula is C79H48N2. The summed E-state index contributed by atoms with van der Waals surface area (Å²) in [7, 11) is 0. The van der Waals surface area contributed by atoms with Crippen LogP contribution in [0.3, 0.4) is 0 Å². The van der Waals surface area contributed by atoms with Gasteiger partial charge in [0.15, 0.2) is 0 Å². The molecule has 0 bridgehead atoms. The van der Waals surface area contributed by atoms with Crippen molar-refractivity contribution in [2.45, 2.75) is 5.41 Å². The van der Waals surface area contributed by atoms with Gasteiger partial charge >= 0.3 is 0 Å². The van der Waals surface area contributed by atoms with Crippen molar-refractivity contribution in [3.8, 4) is 67.0 Å². The molecule has 0 atom stereocenters. The minimum Gasteiger partial charge on any atom is -0.309 e. The third-order valence-electron chi connectivity index (χ3n) is 18.3. The zero-order valence-electron chi connectivity index (χ0n) is 44.1. The summed E-state index contributed by atoms with van der Waals surface area (Å²) in [6.45, 7) is 0. The highest BCUT2D eigenvalue weighted by Gasteiger charge is 2.52. The SMILES string of the molecule is c1ccc(-n2c3ccccc3c3ccc(-c4cccc5c(-c6cccc7c6-c6c(ccc8ccccc68)C76c7ccccc7-c7ccccc76)c6cccc(-c7ccc8c9ccccc9n(-c9ccccc9)c8c7)c6cc45)cc32)cc1. The average Bonchev–Trinajstić information content (AvgIpc) is 2.95. The number of rotatable bonds is 5. The minimum absolute atomic E-state index is 0.520. The number of para-hydroxylation sites is 4. The zero-order valence-corrected chi connectivity index (χ0v) is 44.1. The molecule has 16 aromatic rings. The molecule has 81 heavy (non-hydrogen) atoms. The standard InChI is InChI=1S/C79H48N2/c1-3-21-52(22-4-1)80-72-38-15-11-28-59(72)61-43-40-50(46-74(61)80)54-30-17-32-63-66(54)48-67-55(51-41-44-62-60-29-12-16-39-73(60)81(75(62)47-51)53-23-5-2-6-24-53)31-18-33-64(67)76(63)65-34-19-37-70-78(65)77-56-25-8-7-20-49(56)42-45-71(77)79(70)68-35-13-9-26-57(68)58-27-10-14-36-69(58)79/h1-48H. The lowest BCUT2D eigenvalue weighted by Crippen LogP contribution is -2.25. The second-order valence-corrected chi connectivity index (χ2v) is 22.2. The first kappa shape index (κ1) is 44.4. The maximum absolute atomic E-state index is 2.52. The van der Waals surface area contributed by atoms with Gasteiger partial charge in [0.1, 0.15) is 0 Å². The van der Waals surface area contributed by atoms with Crippen LogP contribution in [0.5, 0.6) is 0 Å². The van der Waals surface area contributed by atoms with Crippen LogP contribution in [0.25, 0.3) is 143 Å². The monoisotopic (exact) mass is 1020 g/mol. The molecule has 14 aromatic carbocycles. The Morgan fingerprint density at radius 3 is 1.21 bits per heavy atom. The van der Waals surface area contributed by atoms with Crippen LogP contribution in [-0.2, 0) is 5.41 Å². The Morgan fingerprint density at radius 2 is 0.630 bits per heavy atom. The van der Waals surface area contributed by atoms with Crippen molar-refractivity contribution in [3.63, 3.8) is 0 Å². The molecule has 0 aliphatic heterocycles. The van der Waals surface area contributed by atoms with E-state index in [4.69, 9.17) is 0 Å². The fourth-order valence-corrected chi connectivity index (χ4v) is 15.1. The molecule has 0 saturated heterocycles. The summed E-state index contributed by atoms with van der Waals surface area (Å²) in [6, 6.07) is 110. The minimum atomic E-state index is -0.520. The summed E-state index contributed by atoms with van der Waals surface area (Å²) < 4.78 is 4.88. The Labute approximate surface area is 468 Å². The van der Waals surface area contributed by atoms with E-state index in [1.54, 1.807) is 0 Å². The molecular weight excluding hydrogens is 977 g/mol. The summed E-state index contributed by atoms with van der Waals surface area (Å²) in [5.74, 6) is 0. The smallest absolute Gasteiger partial charge is 0.0725 e. The van der Waals surface area contributed by atoms with Crippen molar-refractivity contribution in [3.05, 3.63) is 313 Å². The molecule has 2 heteroatoms. The first-order valence-corrected chi connectivity index (χ1v) is 28.2. The van der Waals surface area contributed by atoms with E-state index in [0.717, 1.165) is 11.4 Å². The third kappa shape index (κ3) is 6.00. The van der Waals surface area contributed by atoms with Crippen LogP contribution in [0.4, 0.5) is 0 Å². The molecule has 0 unspecified atom stereocenters. The van der Waals surface area contributed by atoms with E-state index in [1.807, 2.05) is 0 Å². The second-order valence-electron chi connectivity index (χ2n) is 22.2. The molecule has 2 aromatic heterocycles. The Hall–Kier alpha value is -10.5. The molecule has 0 amide bonds. The summed E-state index contributed by atoms with van der Waals surface area (Å²) >= 11 is 0. The van der Waals surface area contributed by atoms with Crippen LogP contribution in [0, 0.1) is 0 Å². The highest BCUT2D eigenvalue weighted by atomic mass is 15.0. The van der Waals surface area contributed by atoms with Gasteiger partial charge in [0.25, 0.3) is 0 Å². The van der Waals surface area contributed by atoms with Crippen LogP contribution in [0.1, 0.15) is 22.3 Å². The topological polar surface area (TPSA) is 9.86 Å². The van der Waals surface area contributed by atoms with Crippen molar-refractivity contribution in [2.75, 3.05) is 0 Å². The van der Waals surface area contributed by atoms with Crippen LogP contribution >= 0.6 is 0 Å². The van der Waals surface area contributed by atoms with Gasteiger partial charge in [-0.3, -0.25) is 0 Å². The molecule has 2 heterocycles. The van der Waals surface area contributed by atoms with E-state index in [1.165, 1.54) is 154 Å². The van der Waals surface area contributed by atoms with Crippen molar-refractivity contribution in [2.24, 2.45) is 0 Å². The summed E-state index contributed by atoms with van der Waals surface area (Å²) in [4.78, 5) is 0. The summed E-state index contributed by atoms with van der Waals surface area (Å²) in [5.41, 5.74) is 24.4. The Morgan fingerprint density at radius 1 is 0.210 bits per heavy atom. The van der Waals surface area contributed by atoms with E-state index in [9.17, 15) is 0 Å². The van der Waals surface area contributed by atoms with Gasteiger partial charge < -0.3 is 9.13 Å². The van der Waals surface area contributed by atoms with Crippen molar-refractivity contribution in [1.29, 1.82) is 0 Å². The molecule has 0 fully saturated rings.